The van der Waals surface area contributed by atoms with Gasteiger partial charge >= 0.3 is 12.1 Å². The molecular weight excluding hydrogens is 384 g/mol. The van der Waals surface area contributed by atoms with Crippen LogP contribution in [0.1, 0.15) is 43.2 Å². The molecular formula is C23H26N2O5. The van der Waals surface area contributed by atoms with Gasteiger partial charge in [0.2, 0.25) is 5.91 Å². The third kappa shape index (κ3) is 4.97. The number of rotatable bonds is 9. The van der Waals surface area contributed by atoms with Gasteiger partial charge in [-0.05, 0) is 28.7 Å². The summed E-state index contributed by atoms with van der Waals surface area (Å²) in [5.74, 6) is -1.51. The number of ether oxygens (including phenoxy) is 1. The molecule has 0 saturated carbocycles. The molecule has 2 aromatic carbocycles. The van der Waals surface area contributed by atoms with Crippen LogP contribution in [0.5, 0.6) is 0 Å². The Bertz CT molecular complexity index is 882. The SMILES string of the molecule is CCCC(NC(=O)CCNC(=O)OCC1c2ccccc2-c2ccccc21)C(=O)O. The summed E-state index contributed by atoms with van der Waals surface area (Å²) >= 11 is 0. The van der Waals surface area contributed by atoms with Gasteiger partial charge in [0.1, 0.15) is 12.6 Å². The summed E-state index contributed by atoms with van der Waals surface area (Å²) in [7, 11) is 0. The van der Waals surface area contributed by atoms with E-state index >= 15 is 0 Å². The number of nitrogens with one attached hydrogen (secondary N) is 2. The maximum atomic E-state index is 12.1. The van der Waals surface area contributed by atoms with Crippen LogP contribution in [0.2, 0.25) is 0 Å². The first-order valence-electron chi connectivity index (χ1n) is 10.1. The monoisotopic (exact) mass is 410 g/mol. The number of carboxylic acid groups (broad SMARTS) is 1. The maximum absolute atomic E-state index is 12.1. The number of hydrogen-bond acceptors (Lipinski definition) is 4. The number of amides is 2. The molecule has 7 nitrogen and oxygen atoms in total. The van der Waals surface area contributed by atoms with Gasteiger partial charge in [-0.1, -0.05) is 61.9 Å². The topological polar surface area (TPSA) is 105 Å². The van der Waals surface area contributed by atoms with Crippen LogP contribution in [0.4, 0.5) is 4.79 Å². The quantitative estimate of drug-likeness (QED) is 0.588. The summed E-state index contributed by atoms with van der Waals surface area (Å²) in [4.78, 5) is 35.1. The molecule has 0 heterocycles. The van der Waals surface area contributed by atoms with E-state index in [4.69, 9.17) is 9.84 Å². The van der Waals surface area contributed by atoms with Crippen molar-refractivity contribution in [3.8, 4) is 11.1 Å². The van der Waals surface area contributed by atoms with Crippen molar-refractivity contribution in [1.29, 1.82) is 0 Å². The lowest BCUT2D eigenvalue weighted by Gasteiger charge is -2.15. The van der Waals surface area contributed by atoms with Gasteiger partial charge in [-0.3, -0.25) is 4.79 Å². The number of carboxylic acids is 1. The van der Waals surface area contributed by atoms with Crippen molar-refractivity contribution in [2.45, 2.75) is 38.1 Å². The number of benzene rings is 2. The molecule has 0 saturated heterocycles. The number of aliphatic carboxylic acids is 1. The first-order valence-corrected chi connectivity index (χ1v) is 10.1. The molecule has 7 heteroatoms. The third-order valence-electron chi connectivity index (χ3n) is 5.18. The zero-order valence-corrected chi connectivity index (χ0v) is 16.9. The fourth-order valence-corrected chi connectivity index (χ4v) is 3.74. The second-order valence-electron chi connectivity index (χ2n) is 7.25. The van der Waals surface area contributed by atoms with E-state index in [0.29, 0.717) is 12.8 Å². The Labute approximate surface area is 175 Å². The van der Waals surface area contributed by atoms with Crippen molar-refractivity contribution in [3.05, 3.63) is 59.7 Å². The number of carbonyl (C=O) groups excluding carboxylic acids is 2. The van der Waals surface area contributed by atoms with Crippen LogP contribution >= 0.6 is 0 Å². The second-order valence-corrected chi connectivity index (χ2v) is 7.25. The Morgan fingerprint density at radius 3 is 2.20 bits per heavy atom. The number of fused-ring (bicyclic) bond motifs is 3. The highest BCUT2D eigenvalue weighted by molar-refractivity contribution is 5.84. The van der Waals surface area contributed by atoms with Gasteiger partial charge in [-0.15, -0.1) is 0 Å². The van der Waals surface area contributed by atoms with Crippen LogP contribution in [0.3, 0.4) is 0 Å². The highest BCUT2D eigenvalue weighted by Gasteiger charge is 2.29. The van der Waals surface area contributed by atoms with E-state index in [9.17, 15) is 14.4 Å². The normalized spacial score (nSPS) is 13.1. The maximum Gasteiger partial charge on any atom is 0.407 e. The van der Waals surface area contributed by atoms with E-state index in [-0.39, 0.29) is 25.5 Å². The highest BCUT2D eigenvalue weighted by atomic mass is 16.5. The smallest absolute Gasteiger partial charge is 0.407 e. The first kappa shape index (κ1) is 21.4. The minimum atomic E-state index is -1.06. The number of hydrogen-bond donors (Lipinski definition) is 3. The molecule has 1 aliphatic rings. The lowest BCUT2D eigenvalue weighted by Crippen LogP contribution is -2.41. The summed E-state index contributed by atoms with van der Waals surface area (Å²) in [6.45, 7) is 2.12. The molecule has 3 N–H and O–H groups in total. The Morgan fingerprint density at radius 1 is 1.03 bits per heavy atom. The molecule has 158 valence electrons. The molecule has 0 fully saturated rings. The van der Waals surface area contributed by atoms with Gasteiger partial charge in [0.05, 0.1) is 0 Å². The predicted molar refractivity (Wildman–Crippen MR) is 112 cm³/mol. The lowest BCUT2D eigenvalue weighted by molar-refractivity contribution is -0.142. The average Bonchev–Trinajstić information content (AvgIpc) is 3.06. The summed E-state index contributed by atoms with van der Waals surface area (Å²) < 4.78 is 5.40. The summed E-state index contributed by atoms with van der Waals surface area (Å²) in [5.41, 5.74) is 4.56. The van der Waals surface area contributed by atoms with Gasteiger partial charge < -0.3 is 20.5 Å². The summed E-state index contributed by atoms with van der Waals surface area (Å²) in [6, 6.07) is 15.2. The van der Waals surface area contributed by atoms with E-state index in [2.05, 4.69) is 22.8 Å². The molecule has 0 aromatic heterocycles. The second kappa shape index (κ2) is 9.91. The van der Waals surface area contributed by atoms with Crippen LogP contribution in [0, 0.1) is 0 Å². The minimum absolute atomic E-state index is 0.0162. The zero-order valence-electron chi connectivity index (χ0n) is 16.9. The van der Waals surface area contributed by atoms with Crippen LogP contribution in [0.15, 0.2) is 48.5 Å². The van der Waals surface area contributed by atoms with E-state index < -0.39 is 24.0 Å². The van der Waals surface area contributed by atoms with Gasteiger partial charge in [-0.2, -0.15) is 0 Å². The van der Waals surface area contributed by atoms with Crippen molar-refractivity contribution < 1.29 is 24.2 Å². The predicted octanol–water partition coefficient (Wildman–Crippen LogP) is 3.28. The van der Waals surface area contributed by atoms with Crippen LogP contribution in [-0.2, 0) is 14.3 Å². The zero-order chi connectivity index (χ0) is 21.5. The van der Waals surface area contributed by atoms with E-state index in [1.807, 2.05) is 43.3 Å². The first-order chi connectivity index (χ1) is 14.5. The van der Waals surface area contributed by atoms with Crippen molar-refractivity contribution in [2.24, 2.45) is 0 Å². The summed E-state index contributed by atoms with van der Waals surface area (Å²) in [5, 5.41) is 14.1. The Kier molecular flexibility index (Phi) is 7.06. The third-order valence-corrected chi connectivity index (χ3v) is 5.18. The Balaban J connectivity index is 1.48. The van der Waals surface area contributed by atoms with Crippen molar-refractivity contribution >= 4 is 18.0 Å². The minimum Gasteiger partial charge on any atom is -0.480 e. The molecule has 0 spiro atoms. The number of carbonyl (C=O) groups is 3. The molecule has 0 radical (unpaired) electrons. The molecule has 0 bridgehead atoms. The van der Waals surface area contributed by atoms with Gasteiger partial charge in [-0.25, -0.2) is 9.59 Å². The highest BCUT2D eigenvalue weighted by Crippen LogP contribution is 2.44. The average molecular weight is 410 g/mol. The molecule has 2 amide bonds. The van der Waals surface area contributed by atoms with Crippen molar-refractivity contribution in [1.82, 2.24) is 10.6 Å². The lowest BCUT2D eigenvalue weighted by atomic mass is 9.98. The Morgan fingerprint density at radius 2 is 1.63 bits per heavy atom. The molecule has 1 aliphatic carbocycles. The van der Waals surface area contributed by atoms with Crippen LogP contribution in [0.25, 0.3) is 11.1 Å². The van der Waals surface area contributed by atoms with E-state index in [1.54, 1.807) is 0 Å². The van der Waals surface area contributed by atoms with E-state index in [1.165, 1.54) is 0 Å². The van der Waals surface area contributed by atoms with Crippen LogP contribution < -0.4 is 10.6 Å². The largest absolute Gasteiger partial charge is 0.480 e. The fourth-order valence-electron chi connectivity index (χ4n) is 3.74. The number of alkyl carbamates (subject to hydrolysis) is 1. The van der Waals surface area contributed by atoms with Crippen molar-refractivity contribution in [3.63, 3.8) is 0 Å². The Hall–Kier alpha value is -3.35. The molecule has 1 atom stereocenters. The molecule has 2 aromatic rings. The summed E-state index contributed by atoms with van der Waals surface area (Å²) in [6.07, 6.45) is 0.390. The van der Waals surface area contributed by atoms with Gasteiger partial charge in [0.15, 0.2) is 0 Å². The van der Waals surface area contributed by atoms with Gasteiger partial charge in [0, 0.05) is 18.9 Å². The molecule has 1 unspecified atom stereocenters. The fraction of sp³-hybridized carbons (Fsp3) is 0.348. The molecule has 30 heavy (non-hydrogen) atoms. The standard InChI is InChI=1S/C23H26N2O5/c1-2-7-20(22(27)28)25-21(26)12-13-24-23(29)30-14-19-17-10-5-3-8-15(17)16-9-4-6-11-18(16)19/h3-6,8-11,19-20H,2,7,12-14H2,1H3,(H,24,29)(H,25,26)(H,27,28). The van der Waals surface area contributed by atoms with Gasteiger partial charge in [0.25, 0.3) is 0 Å². The molecule has 3 rings (SSSR count). The molecule has 0 aliphatic heterocycles. The van der Waals surface area contributed by atoms with E-state index in [0.717, 1.165) is 22.3 Å². The van der Waals surface area contributed by atoms with Crippen molar-refractivity contribution in [2.75, 3.05) is 13.2 Å². The van der Waals surface area contributed by atoms with Crippen LogP contribution in [-0.4, -0.2) is 42.3 Å².